The van der Waals surface area contributed by atoms with Gasteiger partial charge in [0.25, 0.3) is 0 Å². The van der Waals surface area contributed by atoms with Gasteiger partial charge in [-0.05, 0) is 86.3 Å². The Morgan fingerprint density at radius 2 is 1.05 bits per heavy atom. The van der Waals surface area contributed by atoms with Crippen LogP contribution in [0.3, 0.4) is 0 Å². The van der Waals surface area contributed by atoms with Gasteiger partial charge in [-0.25, -0.2) is 0 Å². The molecule has 0 aromatic heterocycles. The van der Waals surface area contributed by atoms with Crippen LogP contribution >= 0.6 is 0 Å². The molecule has 3 rings (SSSR count). The maximum absolute atomic E-state index is 11.0. The van der Waals surface area contributed by atoms with Gasteiger partial charge in [0, 0.05) is 42.6 Å². The zero-order chi connectivity index (χ0) is 27.2. The summed E-state index contributed by atoms with van der Waals surface area (Å²) in [4.78, 5) is 21.8. The number of carbonyl (C=O) groups excluding carboxylic acids is 2. The number of amides is 2. The third-order valence-corrected chi connectivity index (χ3v) is 5.28. The summed E-state index contributed by atoms with van der Waals surface area (Å²) >= 11 is 0. The Balaban J connectivity index is 0.000000281. The SMILES string of the molecule is C#Cc1ccc(CC(C)NC(C)=O)cc1.CC(=O)NC(C)Cc1ccc(C#Cc2ccc(O)cc2)cc1. The molecule has 2 atom stereocenters. The van der Waals surface area contributed by atoms with Crippen LogP contribution in [-0.2, 0) is 22.4 Å². The van der Waals surface area contributed by atoms with Gasteiger partial charge < -0.3 is 15.7 Å². The van der Waals surface area contributed by atoms with E-state index >= 15 is 0 Å². The molecule has 0 saturated carbocycles. The molecule has 0 heterocycles. The van der Waals surface area contributed by atoms with Gasteiger partial charge in [-0.15, -0.1) is 6.42 Å². The minimum Gasteiger partial charge on any atom is -0.508 e. The molecule has 2 amide bonds. The molecule has 3 aromatic rings. The van der Waals surface area contributed by atoms with Crippen molar-refractivity contribution >= 4 is 11.8 Å². The molecule has 0 aliphatic rings. The molecule has 0 fully saturated rings. The van der Waals surface area contributed by atoms with Crippen molar-refractivity contribution < 1.29 is 14.7 Å². The van der Waals surface area contributed by atoms with E-state index in [1.165, 1.54) is 19.4 Å². The molecular weight excluding hydrogens is 460 g/mol. The molecular formula is C32H34N2O3. The van der Waals surface area contributed by atoms with E-state index in [9.17, 15) is 14.7 Å². The fraction of sp³-hybridized carbons (Fsp3) is 0.250. The number of phenols is 1. The van der Waals surface area contributed by atoms with Gasteiger partial charge in [-0.2, -0.15) is 0 Å². The lowest BCUT2D eigenvalue weighted by atomic mass is 10.0. The number of hydrogen-bond donors (Lipinski definition) is 3. The zero-order valence-electron chi connectivity index (χ0n) is 21.8. The number of aromatic hydroxyl groups is 1. The fourth-order valence-corrected chi connectivity index (χ4v) is 3.65. The van der Waals surface area contributed by atoms with E-state index < -0.39 is 0 Å². The lowest BCUT2D eigenvalue weighted by Crippen LogP contribution is -2.31. The second kappa shape index (κ2) is 14.8. The maximum Gasteiger partial charge on any atom is 0.217 e. The average molecular weight is 495 g/mol. The molecule has 0 aliphatic heterocycles. The van der Waals surface area contributed by atoms with E-state index in [0.29, 0.717) is 0 Å². The molecule has 5 nitrogen and oxygen atoms in total. The van der Waals surface area contributed by atoms with Gasteiger partial charge in [0.15, 0.2) is 0 Å². The first-order chi connectivity index (χ1) is 17.6. The predicted molar refractivity (Wildman–Crippen MR) is 149 cm³/mol. The van der Waals surface area contributed by atoms with Gasteiger partial charge in [-0.1, -0.05) is 42.0 Å². The lowest BCUT2D eigenvalue weighted by Gasteiger charge is -2.12. The smallest absolute Gasteiger partial charge is 0.217 e. The Labute approximate surface area is 220 Å². The number of phenolic OH excluding ortho intramolecular Hbond substituents is 1. The zero-order valence-corrected chi connectivity index (χ0v) is 21.8. The van der Waals surface area contributed by atoms with E-state index in [0.717, 1.165) is 35.1 Å². The topological polar surface area (TPSA) is 78.4 Å². The third-order valence-electron chi connectivity index (χ3n) is 5.28. The number of carbonyl (C=O) groups is 2. The van der Waals surface area contributed by atoms with Crippen LogP contribution in [-0.4, -0.2) is 29.0 Å². The largest absolute Gasteiger partial charge is 0.508 e. The Kier molecular flexibility index (Phi) is 11.5. The van der Waals surface area contributed by atoms with Crippen molar-refractivity contribution in [3.63, 3.8) is 0 Å². The quantitative estimate of drug-likeness (QED) is 0.439. The summed E-state index contributed by atoms with van der Waals surface area (Å²) in [6.07, 6.45) is 6.88. The Morgan fingerprint density at radius 3 is 1.41 bits per heavy atom. The molecule has 190 valence electrons. The number of nitrogens with one attached hydrogen (secondary N) is 2. The van der Waals surface area contributed by atoms with Gasteiger partial charge in [-0.3, -0.25) is 9.59 Å². The van der Waals surface area contributed by atoms with E-state index in [1.54, 1.807) is 24.3 Å². The van der Waals surface area contributed by atoms with Crippen LogP contribution in [0, 0.1) is 24.2 Å². The summed E-state index contributed by atoms with van der Waals surface area (Å²) in [6, 6.07) is 22.9. The highest BCUT2D eigenvalue weighted by Crippen LogP contribution is 2.10. The van der Waals surface area contributed by atoms with E-state index in [2.05, 4.69) is 28.4 Å². The van der Waals surface area contributed by atoms with E-state index in [1.807, 2.05) is 62.4 Å². The Morgan fingerprint density at radius 1 is 0.703 bits per heavy atom. The molecule has 0 aliphatic carbocycles. The number of hydrogen-bond acceptors (Lipinski definition) is 3. The second-order valence-electron chi connectivity index (χ2n) is 8.95. The molecule has 3 aromatic carbocycles. The minimum atomic E-state index is -0.0103. The highest BCUT2D eigenvalue weighted by Gasteiger charge is 2.05. The van der Waals surface area contributed by atoms with Crippen LogP contribution in [0.5, 0.6) is 5.75 Å². The standard InChI is InChI=1S/C19H19NO2.C13H15NO/c1-14(20-15(2)21)13-18-7-5-16(6-8-18)3-4-17-9-11-19(22)12-10-17;1-4-12-5-7-13(8-6-12)9-10(2)14-11(3)15/h5-12,14,22H,13H2,1-2H3,(H,20,21);1,5-8,10H,9H2,2-3H3,(H,14,15). The van der Waals surface area contributed by atoms with Crippen molar-refractivity contribution in [2.45, 2.75) is 52.6 Å². The van der Waals surface area contributed by atoms with Crippen molar-refractivity contribution in [3.05, 3.63) is 101 Å². The third kappa shape index (κ3) is 11.7. The van der Waals surface area contributed by atoms with Crippen LogP contribution in [0.2, 0.25) is 0 Å². The van der Waals surface area contributed by atoms with Crippen molar-refractivity contribution in [2.75, 3.05) is 0 Å². The van der Waals surface area contributed by atoms with Crippen molar-refractivity contribution in [1.82, 2.24) is 10.6 Å². The average Bonchev–Trinajstić information content (AvgIpc) is 2.84. The summed E-state index contributed by atoms with van der Waals surface area (Å²) in [5.41, 5.74) is 5.02. The molecule has 0 saturated heterocycles. The predicted octanol–water partition coefficient (Wildman–Crippen LogP) is 4.59. The highest BCUT2D eigenvalue weighted by atomic mass is 16.3. The minimum absolute atomic E-state index is 0.00254. The van der Waals surface area contributed by atoms with E-state index in [4.69, 9.17) is 6.42 Å². The first-order valence-corrected chi connectivity index (χ1v) is 12.1. The first-order valence-electron chi connectivity index (χ1n) is 12.1. The van der Waals surface area contributed by atoms with Crippen molar-refractivity contribution in [3.8, 4) is 29.9 Å². The lowest BCUT2D eigenvalue weighted by molar-refractivity contribution is -0.120. The number of terminal acetylenes is 1. The van der Waals surface area contributed by atoms with Gasteiger partial charge >= 0.3 is 0 Å². The highest BCUT2D eigenvalue weighted by molar-refractivity contribution is 5.73. The number of benzene rings is 3. The Hall–Kier alpha value is -4.48. The van der Waals surface area contributed by atoms with Crippen molar-refractivity contribution in [1.29, 1.82) is 0 Å². The van der Waals surface area contributed by atoms with Crippen LogP contribution < -0.4 is 10.6 Å². The van der Waals surface area contributed by atoms with Crippen molar-refractivity contribution in [2.24, 2.45) is 0 Å². The first kappa shape index (κ1) is 28.8. The van der Waals surface area contributed by atoms with Gasteiger partial charge in [0.05, 0.1) is 0 Å². The monoisotopic (exact) mass is 494 g/mol. The molecule has 0 radical (unpaired) electrons. The molecule has 2 unspecified atom stereocenters. The second-order valence-corrected chi connectivity index (χ2v) is 8.95. The van der Waals surface area contributed by atoms with Crippen LogP contribution in [0.25, 0.3) is 0 Å². The van der Waals surface area contributed by atoms with Crippen LogP contribution in [0.15, 0.2) is 72.8 Å². The maximum atomic E-state index is 11.0. The summed E-state index contributed by atoms with van der Waals surface area (Å²) in [6.45, 7) is 7.02. The molecule has 37 heavy (non-hydrogen) atoms. The molecule has 0 bridgehead atoms. The fourth-order valence-electron chi connectivity index (χ4n) is 3.65. The normalized spacial score (nSPS) is 11.3. The summed E-state index contributed by atoms with van der Waals surface area (Å²) in [5.74, 6) is 8.95. The molecule has 5 heteroatoms. The van der Waals surface area contributed by atoms with Crippen LogP contribution in [0.4, 0.5) is 0 Å². The summed E-state index contributed by atoms with van der Waals surface area (Å²) in [7, 11) is 0. The van der Waals surface area contributed by atoms with Gasteiger partial charge in [0.1, 0.15) is 5.75 Å². The Bertz CT molecular complexity index is 1260. The van der Waals surface area contributed by atoms with Gasteiger partial charge in [0.2, 0.25) is 11.8 Å². The molecule has 3 N–H and O–H groups in total. The van der Waals surface area contributed by atoms with E-state index in [-0.39, 0.29) is 29.6 Å². The summed E-state index contributed by atoms with van der Waals surface area (Å²) < 4.78 is 0. The number of rotatable bonds is 6. The van der Waals surface area contributed by atoms with Crippen LogP contribution in [0.1, 0.15) is 55.5 Å². The summed E-state index contributed by atoms with van der Waals surface area (Å²) in [5, 5.41) is 14.9. The molecule has 0 spiro atoms.